The van der Waals surface area contributed by atoms with Crippen molar-refractivity contribution < 1.29 is 19.7 Å². The van der Waals surface area contributed by atoms with Crippen LogP contribution in [0.4, 0.5) is 4.79 Å². The molecule has 1 aliphatic rings. The second-order valence-electron chi connectivity index (χ2n) is 7.65. The Kier molecular flexibility index (Phi) is 6.65. The van der Waals surface area contributed by atoms with Gasteiger partial charge in [0.2, 0.25) is 0 Å². The molecule has 1 saturated heterocycles. The Bertz CT molecular complexity index is 366. The van der Waals surface area contributed by atoms with E-state index in [1.54, 1.807) is 11.8 Å². The number of hydrogen-bond donors (Lipinski definition) is 3. The number of nitrogens with zero attached hydrogens (tertiary/aromatic N) is 1. The van der Waals surface area contributed by atoms with Crippen LogP contribution >= 0.6 is 0 Å². The third-order valence-corrected chi connectivity index (χ3v) is 3.96. The largest absolute Gasteiger partial charge is 0.444 e. The third-order valence-electron chi connectivity index (χ3n) is 3.96. The Balaban J connectivity index is 2.50. The van der Waals surface area contributed by atoms with Crippen molar-refractivity contribution in [1.82, 2.24) is 10.2 Å². The van der Waals surface area contributed by atoms with Crippen LogP contribution in [-0.4, -0.2) is 64.7 Å². The summed E-state index contributed by atoms with van der Waals surface area (Å²) in [7, 11) is 0. The highest BCUT2D eigenvalue weighted by molar-refractivity contribution is 5.68. The van der Waals surface area contributed by atoms with Crippen molar-refractivity contribution in [1.29, 1.82) is 0 Å². The Morgan fingerprint density at radius 3 is 2.59 bits per heavy atom. The highest BCUT2D eigenvalue weighted by atomic mass is 16.6. The number of nitrogens with one attached hydrogen (secondary N) is 1. The van der Waals surface area contributed by atoms with Crippen LogP contribution in [0.3, 0.4) is 0 Å². The molecule has 130 valence electrons. The minimum atomic E-state index is -1.12. The van der Waals surface area contributed by atoms with E-state index in [0.29, 0.717) is 19.0 Å². The predicted octanol–water partition coefficient (Wildman–Crippen LogP) is 1.35. The van der Waals surface area contributed by atoms with Gasteiger partial charge in [0.15, 0.2) is 0 Å². The molecule has 0 aromatic heterocycles. The van der Waals surface area contributed by atoms with Crippen LogP contribution in [0.2, 0.25) is 0 Å². The zero-order chi connectivity index (χ0) is 17.0. The molecule has 0 spiro atoms. The molecule has 1 aliphatic heterocycles. The van der Waals surface area contributed by atoms with Crippen molar-refractivity contribution in [2.75, 3.05) is 26.2 Å². The molecule has 1 heterocycles. The Hall–Kier alpha value is -0.850. The lowest BCUT2D eigenvalue weighted by Crippen LogP contribution is -2.51. The van der Waals surface area contributed by atoms with Gasteiger partial charge in [-0.2, -0.15) is 0 Å². The maximum atomic E-state index is 12.2. The van der Waals surface area contributed by atoms with E-state index in [9.17, 15) is 9.90 Å². The molecule has 22 heavy (non-hydrogen) atoms. The molecule has 1 amide bonds. The molecule has 0 radical (unpaired) electrons. The lowest BCUT2D eigenvalue weighted by molar-refractivity contribution is -0.00362. The van der Waals surface area contributed by atoms with Crippen LogP contribution in [-0.2, 0) is 4.74 Å². The van der Waals surface area contributed by atoms with E-state index < -0.39 is 11.2 Å². The number of ether oxygens (including phenoxy) is 1. The average molecular weight is 316 g/mol. The molecular weight excluding hydrogens is 284 g/mol. The Labute approximate surface area is 133 Å². The second-order valence-corrected chi connectivity index (χ2v) is 7.65. The fraction of sp³-hybridized carbons (Fsp3) is 0.938. The van der Waals surface area contributed by atoms with E-state index in [0.717, 1.165) is 19.4 Å². The van der Waals surface area contributed by atoms with Gasteiger partial charge in [0.1, 0.15) is 5.60 Å². The van der Waals surface area contributed by atoms with Gasteiger partial charge in [0.05, 0.1) is 12.2 Å². The van der Waals surface area contributed by atoms with E-state index in [-0.39, 0.29) is 18.7 Å². The molecule has 3 unspecified atom stereocenters. The van der Waals surface area contributed by atoms with Crippen LogP contribution in [0.5, 0.6) is 0 Å². The monoisotopic (exact) mass is 316 g/mol. The summed E-state index contributed by atoms with van der Waals surface area (Å²) in [4.78, 5) is 13.9. The number of piperidine rings is 1. The van der Waals surface area contributed by atoms with Crippen molar-refractivity contribution >= 4 is 6.09 Å². The first-order valence-corrected chi connectivity index (χ1v) is 8.08. The van der Waals surface area contributed by atoms with E-state index in [2.05, 4.69) is 12.2 Å². The molecule has 6 nitrogen and oxygen atoms in total. The van der Waals surface area contributed by atoms with Gasteiger partial charge >= 0.3 is 6.09 Å². The van der Waals surface area contributed by atoms with Crippen LogP contribution in [0.1, 0.15) is 47.5 Å². The van der Waals surface area contributed by atoms with E-state index in [1.807, 2.05) is 20.8 Å². The zero-order valence-corrected chi connectivity index (χ0v) is 14.6. The third kappa shape index (κ3) is 6.50. The van der Waals surface area contributed by atoms with Gasteiger partial charge in [-0.3, -0.25) is 0 Å². The van der Waals surface area contributed by atoms with Crippen molar-refractivity contribution in [3.05, 3.63) is 0 Å². The summed E-state index contributed by atoms with van der Waals surface area (Å²) < 4.78 is 5.43. The van der Waals surface area contributed by atoms with Crippen LogP contribution in [0.25, 0.3) is 0 Å². The zero-order valence-electron chi connectivity index (χ0n) is 14.6. The van der Waals surface area contributed by atoms with Crippen LogP contribution in [0, 0.1) is 5.92 Å². The lowest BCUT2D eigenvalue weighted by atomic mass is 9.91. The van der Waals surface area contributed by atoms with Gasteiger partial charge in [0.25, 0.3) is 0 Å². The Morgan fingerprint density at radius 2 is 2.05 bits per heavy atom. The topological polar surface area (TPSA) is 82.0 Å². The van der Waals surface area contributed by atoms with Gasteiger partial charge in [-0.15, -0.1) is 0 Å². The number of aliphatic hydroxyl groups is 2. The number of aliphatic hydroxyl groups excluding tert-OH is 1. The molecule has 0 aromatic rings. The number of rotatable bonds is 5. The SMILES string of the molecule is CC(NCC(C)(O)CO)C1CCCN(C(=O)OC(C)(C)C)C1. The summed E-state index contributed by atoms with van der Waals surface area (Å²) in [5.74, 6) is 0.316. The van der Waals surface area contributed by atoms with Crippen molar-refractivity contribution in [2.45, 2.75) is 64.7 Å². The maximum absolute atomic E-state index is 12.2. The first-order chi connectivity index (χ1) is 10.0. The highest BCUT2D eigenvalue weighted by Gasteiger charge is 2.31. The molecule has 0 aromatic carbocycles. The molecule has 6 heteroatoms. The molecule has 0 bridgehead atoms. The summed E-state index contributed by atoms with van der Waals surface area (Å²) in [6.07, 6.45) is 1.73. The van der Waals surface area contributed by atoms with E-state index in [1.165, 1.54) is 0 Å². The minimum absolute atomic E-state index is 0.156. The van der Waals surface area contributed by atoms with Gasteiger partial charge in [-0.05, 0) is 53.4 Å². The summed E-state index contributed by atoms with van der Waals surface area (Å²) in [6.45, 7) is 10.7. The normalized spacial score (nSPS) is 23.8. The number of carbonyl (C=O) groups is 1. The first-order valence-electron chi connectivity index (χ1n) is 8.08. The van der Waals surface area contributed by atoms with Crippen LogP contribution < -0.4 is 5.32 Å². The molecule has 3 N–H and O–H groups in total. The van der Waals surface area contributed by atoms with E-state index in [4.69, 9.17) is 9.84 Å². The quantitative estimate of drug-likeness (QED) is 0.713. The number of likely N-dealkylation sites (tertiary alicyclic amines) is 1. The predicted molar refractivity (Wildman–Crippen MR) is 85.7 cm³/mol. The van der Waals surface area contributed by atoms with Gasteiger partial charge < -0.3 is 25.2 Å². The summed E-state index contributed by atoms with van der Waals surface area (Å²) in [5, 5.41) is 22.2. The van der Waals surface area contributed by atoms with Crippen molar-refractivity contribution in [3.63, 3.8) is 0 Å². The molecular formula is C16H32N2O4. The standard InChI is InChI=1S/C16H32N2O4/c1-12(17-10-16(5,21)11-19)13-7-6-8-18(9-13)14(20)22-15(2,3)4/h12-13,17,19,21H,6-11H2,1-5H3. The fourth-order valence-corrected chi connectivity index (χ4v) is 2.51. The molecule has 1 fully saturated rings. The molecule has 1 rings (SSSR count). The number of carbonyl (C=O) groups excluding carboxylic acids is 1. The minimum Gasteiger partial charge on any atom is -0.444 e. The first kappa shape index (κ1) is 19.2. The fourth-order valence-electron chi connectivity index (χ4n) is 2.51. The second kappa shape index (κ2) is 7.62. The van der Waals surface area contributed by atoms with Crippen molar-refractivity contribution in [2.24, 2.45) is 5.92 Å². The van der Waals surface area contributed by atoms with E-state index >= 15 is 0 Å². The summed E-state index contributed by atoms with van der Waals surface area (Å²) in [5.41, 5.74) is -1.60. The van der Waals surface area contributed by atoms with Gasteiger partial charge in [-0.1, -0.05) is 0 Å². The van der Waals surface area contributed by atoms with Crippen LogP contribution in [0.15, 0.2) is 0 Å². The lowest BCUT2D eigenvalue weighted by Gasteiger charge is -2.37. The molecule has 0 aliphatic carbocycles. The summed E-state index contributed by atoms with van der Waals surface area (Å²) in [6, 6.07) is 0.156. The Morgan fingerprint density at radius 1 is 1.41 bits per heavy atom. The number of amides is 1. The molecule has 3 atom stereocenters. The maximum Gasteiger partial charge on any atom is 0.410 e. The summed E-state index contributed by atoms with van der Waals surface area (Å²) >= 11 is 0. The average Bonchev–Trinajstić information content (AvgIpc) is 2.43. The van der Waals surface area contributed by atoms with Crippen molar-refractivity contribution in [3.8, 4) is 0 Å². The molecule has 0 saturated carbocycles. The highest BCUT2D eigenvalue weighted by Crippen LogP contribution is 2.22. The number of hydrogen-bond acceptors (Lipinski definition) is 5. The van der Waals surface area contributed by atoms with Gasteiger partial charge in [0, 0.05) is 25.7 Å². The van der Waals surface area contributed by atoms with Gasteiger partial charge in [-0.25, -0.2) is 4.79 Å². The smallest absolute Gasteiger partial charge is 0.410 e.